The molecule has 21 heavy (non-hydrogen) atoms. The lowest BCUT2D eigenvalue weighted by Crippen LogP contribution is -2.11. The number of benzene rings is 1. The summed E-state index contributed by atoms with van der Waals surface area (Å²) in [5, 5.41) is 10.9. The molecule has 0 fully saturated rings. The predicted octanol–water partition coefficient (Wildman–Crippen LogP) is 3.00. The van der Waals surface area contributed by atoms with Crippen molar-refractivity contribution in [1.29, 1.82) is 0 Å². The van der Waals surface area contributed by atoms with Crippen molar-refractivity contribution in [2.24, 2.45) is 0 Å². The van der Waals surface area contributed by atoms with Crippen LogP contribution in [0.15, 0.2) is 28.5 Å². The summed E-state index contributed by atoms with van der Waals surface area (Å²) in [6.07, 6.45) is 0. The van der Waals surface area contributed by atoms with E-state index in [-0.39, 0.29) is 14.9 Å². The molecule has 0 radical (unpaired) electrons. The summed E-state index contributed by atoms with van der Waals surface area (Å²) in [5.74, 6) is 0. The number of sulfonamides is 1. The van der Waals surface area contributed by atoms with Crippen LogP contribution in [0.3, 0.4) is 0 Å². The van der Waals surface area contributed by atoms with Gasteiger partial charge in [0.1, 0.15) is 4.21 Å². The molecule has 2 rings (SSSR count). The van der Waals surface area contributed by atoms with Gasteiger partial charge in [-0.15, -0.1) is 0 Å². The molecule has 1 aromatic heterocycles. The van der Waals surface area contributed by atoms with Gasteiger partial charge in [0.25, 0.3) is 10.0 Å². The number of halogens is 1. The van der Waals surface area contributed by atoms with Crippen LogP contribution in [0.5, 0.6) is 0 Å². The molecule has 7 nitrogen and oxygen atoms in total. The fraction of sp³-hybridized carbons (Fsp3) is 0.0909. The highest BCUT2D eigenvalue weighted by atomic mass is 35.5. The van der Waals surface area contributed by atoms with Crippen molar-refractivity contribution in [3.05, 3.63) is 45.0 Å². The Morgan fingerprint density at radius 1 is 1.38 bits per heavy atom. The number of nitrogens with one attached hydrogen (secondary N) is 1. The van der Waals surface area contributed by atoms with Gasteiger partial charge in [0.05, 0.1) is 10.6 Å². The highest BCUT2D eigenvalue weighted by molar-refractivity contribution is 7.94. The standard InChI is InChI=1S/C11H10ClN3O4S2/c1-6-2-3-7(4-8(6)12)14-21(18,19)10-5-9(15(16)17)11(13)20-10/h2-5,14H,13H2,1H3. The lowest BCUT2D eigenvalue weighted by molar-refractivity contribution is -0.383. The van der Waals surface area contributed by atoms with E-state index in [1.54, 1.807) is 19.1 Å². The number of nitrogens with zero attached hydrogens (tertiary/aromatic N) is 1. The van der Waals surface area contributed by atoms with E-state index < -0.39 is 20.6 Å². The van der Waals surface area contributed by atoms with Crippen LogP contribution in [0.1, 0.15) is 5.56 Å². The molecule has 112 valence electrons. The summed E-state index contributed by atoms with van der Waals surface area (Å²) >= 11 is 6.55. The van der Waals surface area contributed by atoms with E-state index in [0.717, 1.165) is 11.6 Å². The fourth-order valence-electron chi connectivity index (χ4n) is 1.51. The van der Waals surface area contributed by atoms with E-state index in [1.807, 2.05) is 0 Å². The minimum atomic E-state index is -3.95. The molecule has 0 amide bonds. The van der Waals surface area contributed by atoms with Gasteiger partial charge in [-0.25, -0.2) is 8.42 Å². The summed E-state index contributed by atoms with van der Waals surface area (Å²) in [4.78, 5) is 9.97. The smallest absolute Gasteiger partial charge is 0.304 e. The molecule has 0 saturated heterocycles. The summed E-state index contributed by atoms with van der Waals surface area (Å²) in [6, 6.07) is 5.59. The first kappa shape index (κ1) is 15.5. The quantitative estimate of drug-likeness (QED) is 0.651. The van der Waals surface area contributed by atoms with Gasteiger partial charge in [-0.2, -0.15) is 0 Å². The summed E-state index contributed by atoms with van der Waals surface area (Å²) in [6.45, 7) is 1.78. The maximum absolute atomic E-state index is 12.2. The second-order valence-electron chi connectivity index (χ2n) is 4.14. The third-order valence-electron chi connectivity index (χ3n) is 2.60. The monoisotopic (exact) mass is 347 g/mol. The van der Waals surface area contributed by atoms with E-state index in [1.165, 1.54) is 6.07 Å². The second kappa shape index (κ2) is 5.51. The zero-order valence-corrected chi connectivity index (χ0v) is 13.1. The van der Waals surface area contributed by atoms with Crippen molar-refractivity contribution in [3.8, 4) is 0 Å². The van der Waals surface area contributed by atoms with Crippen LogP contribution in [-0.2, 0) is 10.0 Å². The van der Waals surface area contributed by atoms with Gasteiger partial charge in [0.2, 0.25) is 0 Å². The fourth-order valence-corrected chi connectivity index (χ4v) is 3.95. The molecule has 0 aliphatic rings. The van der Waals surface area contributed by atoms with E-state index in [9.17, 15) is 18.5 Å². The minimum Gasteiger partial charge on any atom is -0.385 e. The van der Waals surface area contributed by atoms with E-state index >= 15 is 0 Å². The molecule has 0 spiro atoms. The predicted molar refractivity (Wildman–Crippen MR) is 82.4 cm³/mol. The van der Waals surface area contributed by atoms with E-state index in [2.05, 4.69) is 4.72 Å². The largest absolute Gasteiger partial charge is 0.385 e. The highest BCUT2D eigenvalue weighted by Crippen LogP contribution is 2.35. The van der Waals surface area contributed by atoms with Crippen molar-refractivity contribution in [2.45, 2.75) is 11.1 Å². The Labute approximate surface area is 129 Å². The Hall–Kier alpha value is -1.84. The molecule has 0 aliphatic carbocycles. The van der Waals surface area contributed by atoms with Crippen molar-refractivity contribution in [1.82, 2.24) is 0 Å². The molecule has 2 aromatic rings. The highest BCUT2D eigenvalue weighted by Gasteiger charge is 2.24. The van der Waals surface area contributed by atoms with Gasteiger partial charge < -0.3 is 5.73 Å². The number of nitrogen functional groups attached to an aromatic ring is 1. The molecule has 0 unspecified atom stereocenters. The van der Waals surface area contributed by atoms with Crippen molar-refractivity contribution >= 4 is 49.3 Å². The van der Waals surface area contributed by atoms with Gasteiger partial charge >= 0.3 is 5.69 Å². The van der Waals surface area contributed by atoms with E-state index in [0.29, 0.717) is 16.4 Å². The number of rotatable bonds is 4. The van der Waals surface area contributed by atoms with Crippen LogP contribution in [0.25, 0.3) is 0 Å². The van der Waals surface area contributed by atoms with Crippen LogP contribution in [-0.4, -0.2) is 13.3 Å². The number of hydrogen-bond donors (Lipinski definition) is 2. The molecule has 1 heterocycles. The molecule has 0 bridgehead atoms. The molecule has 10 heteroatoms. The first-order chi connectivity index (χ1) is 9.70. The van der Waals surface area contributed by atoms with Crippen molar-refractivity contribution in [3.63, 3.8) is 0 Å². The topological polar surface area (TPSA) is 115 Å². The Balaban J connectivity index is 2.36. The lowest BCUT2D eigenvalue weighted by Gasteiger charge is -2.07. The van der Waals surface area contributed by atoms with Crippen molar-refractivity contribution in [2.75, 3.05) is 10.5 Å². The molecule has 1 aromatic carbocycles. The Kier molecular flexibility index (Phi) is 4.08. The normalized spacial score (nSPS) is 11.3. The van der Waals surface area contributed by atoms with Crippen LogP contribution in [0.2, 0.25) is 5.02 Å². The summed E-state index contributed by atoms with van der Waals surface area (Å²) in [5.41, 5.74) is 6.08. The number of aryl methyl sites for hydroxylation is 1. The third-order valence-corrected chi connectivity index (χ3v) is 5.82. The number of nitro groups is 1. The minimum absolute atomic E-state index is 0.165. The Morgan fingerprint density at radius 2 is 2.05 bits per heavy atom. The number of anilines is 2. The van der Waals surface area contributed by atoms with Crippen LogP contribution in [0, 0.1) is 17.0 Å². The van der Waals surface area contributed by atoms with Crippen molar-refractivity contribution < 1.29 is 13.3 Å². The van der Waals surface area contributed by atoms with Gasteiger partial charge in [-0.05, 0) is 24.6 Å². The molecular formula is C11H10ClN3O4S2. The molecule has 0 aliphatic heterocycles. The zero-order chi connectivity index (χ0) is 15.8. The summed E-state index contributed by atoms with van der Waals surface area (Å²) in [7, 11) is -3.95. The molecule has 0 atom stereocenters. The van der Waals surface area contributed by atoms with Gasteiger partial charge in [0.15, 0.2) is 5.00 Å². The van der Waals surface area contributed by atoms with Gasteiger partial charge in [-0.3, -0.25) is 14.8 Å². The second-order valence-corrected chi connectivity index (χ2v) is 7.54. The van der Waals surface area contributed by atoms with Crippen LogP contribution in [0.4, 0.5) is 16.4 Å². The van der Waals surface area contributed by atoms with Crippen LogP contribution >= 0.6 is 22.9 Å². The number of hydrogen-bond acceptors (Lipinski definition) is 6. The Bertz CT molecular complexity index is 817. The molecule has 3 N–H and O–H groups in total. The zero-order valence-electron chi connectivity index (χ0n) is 10.7. The average Bonchev–Trinajstić information content (AvgIpc) is 2.77. The third kappa shape index (κ3) is 3.26. The number of thiophene rings is 1. The SMILES string of the molecule is Cc1ccc(NS(=O)(=O)c2cc([N+](=O)[O-])c(N)s2)cc1Cl. The average molecular weight is 348 g/mol. The first-order valence-corrected chi connectivity index (χ1v) is 8.21. The maximum atomic E-state index is 12.2. The summed E-state index contributed by atoms with van der Waals surface area (Å²) < 4.78 is 26.4. The van der Waals surface area contributed by atoms with Gasteiger partial charge in [-0.1, -0.05) is 29.0 Å². The van der Waals surface area contributed by atoms with Crippen LogP contribution < -0.4 is 10.5 Å². The molecule has 0 saturated carbocycles. The first-order valence-electron chi connectivity index (χ1n) is 5.53. The van der Waals surface area contributed by atoms with E-state index in [4.69, 9.17) is 17.3 Å². The number of nitrogens with two attached hydrogens (primary N) is 1. The maximum Gasteiger partial charge on any atom is 0.304 e. The Morgan fingerprint density at radius 3 is 2.57 bits per heavy atom. The van der Waals surface area contributed by atoms with Gasteiger partial charge in [0, 0.05) is 11.1 Å². The molecular weight excluding hydrogens is 338 g/mol. The lowest BCUT2D eigenvalue weighted by atomic mass is 10.2.